The van der Waals surface area contributed by atoms with Crippen LogP contribution in [0.1, 0.15) is 72.4 Å². The Balaban J connectivity index is 1.15. The average molecular weight is 378 g/mol. The number of benzene rings is 1. The van der Waals surface area contributed by atoms with Gasteiger partial charge in [0.1, 0.15) is 11.6 Å². The van der Waals surface area contributed by atoms with E-state index >= 15 is 0 Å². The molecule has 0 saturated heterocycles. The van der Waals surface area contributed by atoms with Crippen LogP contribution in [0.25, 0.3) is 11.0 Å². The van der Waals surface area contributed by atoms with Gasteiger partial charge in [-0.25, -0.2) is 4.98 Å². The van der Waals surface area contributed by atoms with Gasteiger partial charge in [0, 0.05) is 31.5 Å². The number of nitrogens with zero attached hydrogens (tertiary/aromatic N) is 3. The van der Waals surface area contributed by atoms with E-state index in [9.17, 15) is 4.79 Å². The van der Waals surface area contributed by atoms with Gasteiger partial charge >= 0.3 is 0 Å². The monoisotopic (exact) mass is 378 g/mol. The Hall–Kier alpha value is -2.63. The lowest BCUT2D eigenvalue weighted by atomic mass is 9.81. The second-order valence-corrected chi connectivity index (χ2v) is 8.33. The first-order valence-corrected chi connectivity index (χ1v) is 10.3. The lowest BCUT2D eigenvalue weighted by molar-refractivity contribution is 0.0933. The summed E-state index contributed by atoms with van der Waals surface area (Å²) in [5, 5.41) is 6.97. The van der Waals surface area contributed by atoms with Crippen LogP contribution in [0.15, 0.2) is 34.9 Å². The number of amides is 1. The van der Waals surface area contributed by atoms with Gasteiger partial charge in [0.2, 0.25) is 0 Å². The quantitative estimate of drug-likeness (QED) is 0.724. The number of hydrogen-bond donors (Lipinski definition) is 1. The molecule has 6 heteroatoms. The Morgan fingerprint density at radius 1 is 1.14 bits per heavy atom. The molecule has 2 aliphatic rings. The first-order valence-electron chi connectivity index (χ1n) is 10.3. The molecule has 1 N–H and O–H groups in total. The van der Waals surface area contributed by atoms with Gasteiger partial charge in [0.15, 0.2) is 5.69 Å². The molecule has 1 amide bonds. The van der Waals surface area contributed by atoms with E-state index in [2.05, 4.69) is 40.3 Å². The average Bonchev–Trinajstić information content (AvgIpc) is 3.36. The molecule has 2 heterocycles. The largest absolute Gasteiger partial charge is 0.360 e. The molecule has 6 nitrogen and oxygen atoms in total. The summed E-state index contributed by atoms with van der Waals surface area (Å²) in [6, 6.07) is 10.1. The summed E-state index contributed by atoms with van der Waals surface area (Å²) in [4.78, 5) is 17.2. The minimum absolute atomic E-state index is 0.117. The minimum Gasteiger partial charge on any atom is -0.360 e. The molecule has 2 aliphatic carbocycles. The van der Waals surface area contributed by atoms with Gasteiger partial charge in [-0.2, -0.15) is 0 Å². The third-order valence-corrected chi connectivity index (χ3v) is 6.33. The molecule has 0 atom stereocenters. The molecular weight excluding hydrogens is 352 g/mol. The van der Waals surface area contributed by atoms with Crippen LogP contribution in [0, 0.1) is 5.92 Å². The highest BCUT2D eigenvalue weighted by Crippen LogP contribution is 2.40. The number of imidazole rings is 1. The van der Waals surface area contributed by atoms with Crippen LogP contribution in [-0.4, -0.2) is 27.2 Å². The lowest BCUT2D eigenvalue weighted by Crippen LogP contribution is -2.31. The van der Waals surface area contributed by atoms with E-state index in [0.29, 0.717) is 30.0 Å². The maximum atomic E-state index is 12.3. The Kier molecular flexibility index (Phi) is 4.41. The Labute approximate surface area is 164 Å². The molecule has 0 aliphatic heterocycles. The summed E-state index contributed by atoms with van der Waals surface area (Å²) in [5.74, 6) is 3.43. The van der Waals surface area contributed by atoms with E-state index < -0.39 is 0 Å². The number of aryl methyl sites for hydroxylation is 1. The molecule has 3 aromatic rings. The molecule has 28 heavy (non-hydrogen) atoms. The van der Waals surface area contributed by atoms with Crippen molar-refractivity contribution in [1.82, 2.24) is 20.0 Å². The maximum Gasteiger partial charge on any atom is 0.273 e. The number of nitrogens with one attached hydrogen (secondary N) is 1. The minimum atomic E-state index is -0.117. The second-order valence-electron chi connectivity index (χ2n) is 8.33. The molecule has 0 radical (unpaired) electrons. The van der Waals surface area contributed by atoms with Gasteiger partial charge in [0.05, 0.1) is 11.0 Å². The molecule has 0 spiro atoms. The van der Waals surface area contributed by atoms with Crippen molar-refractivity contribution in [3.05, 3.63) is 47.6 Å². The topological polar surface area (TPSA) is 73.0 Å². The van der Waals surface area contributed by atoms with E-state index in [1.165, 1.54) is 11.3 Å². The Bertz CT molecular complexity index is 993. The van der Waals surface area contributed by atoms with Crippen molar-refractivity contribution >= 4 is 16.9 Å². The lowest BCUT2D eigenvalue weighted by Gasteiger charge is -2.28. The standard InChI is InChI=1S/C22H26N4O2/c1-26-19-5-3-2-4-17(19)24-21(26)16-8-6-14(7-9-16)13-23-22(27)18-12-20(28-25-18)15-10-11-15/h2-5,12,14-16H,6-11,13H2,1H3,(H,23,27). The van der Waals surface area contributed by atoms with Gasteiger partial charge < -0.3 is 14.4 Å². The number of rotatable bonds is 5. The van der Waals surface area contributed by atoms with Crippen molar-refractivity contribution in [3.63, 3.8) is 0 Å². The highest BCUT2D eigenvalue weighted by atomic mass is 16.5. The third-order valence-electron chi connectivity index (χ3n) is 6.33. The van der Waals surface area contributed by atoms with Crippen molar-refractivity contribution in [3.8, 4) is 0 Å². The van der Waals surface area contributed by atoms with Crippen LogP contribution >= 0.6 is 0 Å². The molecule has 2 fully saturated rings. The summed E-state index contributed by atoms with van der Waals surface area (Å²) >= 11 is 0. The summed E-state index contributed by atoms with van der Waals surface area (Å²) in [7, 11) is 2.12. The second kappa shape index (κ2) is 7.08. The fraction of sp³-hybridized carbons (Fsp3) is 0.500. The summed E-state index contributed by atoms with van der Waals surface area (Å²) in [6.45, 7) is 0.708. The highest BCUT2D eigenvalue weighted by molar-refractivity contribution is 5.92. The smallest absolute Gasteiger partial charge is 0.273 e. The number of aromatic nitrogens is 3. The molecule has 0 unspecified atom stereocenters. The van der Waals surface area contributed by atoms with E-state index in [1.807, 2.05) is 6.07 Å². The van der Waals surface area contributed by atoms with Gasteiger partial charge in [-0.05, 0) is 56.6 Å². The van der Waals surface area contributed by atoms with E-state index in [-0.39, 0.29) is 5.91 Å². The van der Waals surface area contributed by atoms with Gasteiger partial charge in [-0.15, -0.1) is 0 Å². The predicted molar refractivity (Wildman–Crippen MR) is 106 cm³/mol. The zero-order valence-corrected chi connectivity index (χ0v) is 16.2. The van der Waals surface area contributed by atoms with Crippen LogP contribution in [0.2, 0.25) is 0 Å². The molecule has 146 valence electrons. The summed E-state index contributed by atoms with van der Waals surface area (Å²) < 4.78 is 7.52. The maximum absolute atomic E-state index is 12.3. The zero-order chi connectivity index (χ0) is 19.1. The van der Waals surface area contributed by atoms with Crippen molar-refractivity contribution < 1.29 is 9.32 Å². The van der Waals surface area contributed by atoms with E-state index in [0.717, 1.165) is 49.8 Å². The number of carbonyl (C=O) groups excluding carboxylic acids is 1. The van der Waals surface area contributed by atoms with Crippen LogP contribution in [0.3, 0.4) is 0 Å². The van der Waals surface area contributed by atoms with Crippen molar-refractivity contribution in [2.75, 3.05) is 6.54 Å². The summed E-state index contributed by atoms with van der Waals surface area (Å²) in [5.41, 5.74) is 2.69. The van der Waals surface area contributed by atoms with Crippen molar-refractivity contribution in [2.24, 2.45) is 13.0 Å². The molecule has 2 aromatic heterocycles. The fourth-order valence-corrected chi connectivity index (χ4v) is 4.44. The van der Waals surface area contributed by atoms with E-state index in [1.54, 1.807) is 6.07 Å². The number of para-hydroxylation sites is 2. The molecule has 5 rings (SSSR count). The normalized spacial score (nSPS) is 22.5. The molecular formula is C22H26N4O2. The number of carbonyl (C=O) groups is 1. The molecule has 2 saturated carbocycles. The van der Waals surface area contributed by atoms with Crippen LogP contribution in [0.4, 0.5) is 0 Å². The highest BCUT2D eigenvalue weighted by Gasteiger charge is 2.29. The van der Waals surface area contributed by atoms with Crippen LogP contribution in [0.5, 0.6) is 0 Å². The predicted octanol–water partition coefficient (Wildman–Crippen LogP) is 4.14. The third kappa shape index (κ3) is 3.32. The van der Waals surface area contributed by atoms with Crippen LogP contribution in [-0.2, 0) is 7.05 Å². The van der Waals surface area contributed by atoms with Gasteiger partial charge in [0.25, 0.3) is 5.91 Å². The number of hydrogen-bond acceptors (Lipinski definition) is 4. The Morgan fingerprint density at radius 3 is 2.64 bits per heavy atom. The molecule has 1 aromatic carbocycles. The fourth-order valence-electron chi connectivity index (χ4n) is 4.44. The first kappa shape index (κ1) is 17.5. The SMILES string of the molecule is Cn1c(C2CCC(CNC(=O)c3cc(C4CC4)on3)CC2)nc2ccccc21. The zero-order valence-electron chi connectivity index (χ0n) is 16.2. The molecule has 0 bridgehead atoms. The number of fused-ring (bicyclic) bond motifs is 1. The first-order chi connectivity index (χ1) is 13.7. The summed E-state index contributed by atoms with van der Waals surface area (Å²) in [6.07, 6.45) is 6.75. The van der Waals surface area contributed by atoms with Gasteiger partial charge in [-0.3, -0.25) is 4.79 Å². The van der Waals surface area contributed by atoms with Crippen LogP contribution < -0.4 is 5.32 Å². The van der Waals surface area contributed by atoms with Crippen molar-refractivity contribution in [1.29, 1.82) is 0 Å². The van der Waals surface area contributed by atoms with Gasteiger partial charge in [-0.1, -0.05) is 17.3 Å². The van der Waals surface area contributed by atoms with Crippen molar-refractivity contribution in [2.45, 2.75) is 50.4 Å². The van der Waals surface area contributed by atoms with E-state index in [4.69, 9.17) is 9.51 Å². The Morgan fingerprint density at radius 2 is 1.89 bits per heavy atom.